The van der Waals surface area contributed by atoms with Crippen molar-refractivity contribution in [3.63, 3.8) is 0 Å². The molecule has 2 heterocycles. The van der Waals surface area contributed by atoms with Gasteiger partial charge in [-0.05, 0) is 74.2 Å². The van der Waals surface area contributed by atoms with E-state index in [9.17, 15) is 9.59 Å². The van der Waals surface area contributed by atoms with E-state index >= 15 is 0 Å². The van der Waals surface area contributed by atoms with E-state index in [4.69, 9.17) is 9.47 Å². The molecule has 2 unspecified atom stereocenters. The number of fused-ring (bicyclic) bond motifs is 5. The van der Waals surface area contributed by atoms with Gasteiger partial charge in [0.05, 0.1) is 11.1 Å². The standard InChI is InChI=1S/C27H25NO4/c1-17(2)28-22-13-14-23(28)21-16-25(32-27(30)19-11-7-4-8-12-19)24(15-20(21)22)31-26(29)18-9-5-3-6-10-18/h3-12,15-17,22-23H,13-14H2,1-2H3. The molecular formula is C27H25NO4. The lowest BCUT2D eigenvalue weighted by Crippen LogP contribution is -2.27. The average Bonchev–Trinajstić information content (AvgIpc) is 3.38. The Balaban J connectivity index is 1.52. The molecular weight excluding hydrogens is 402 g/mol. The molecule has 5 heteroatoms. The summed E-state index contributed by atoms with van der Waals surface area (Å²) in [4.78, 5) is 28.1. The number of ether oxygens (including phenoxy) is 2. The molecule has 5 rings (SSSR count). The number of rotatable bonds is 5. The first-order valence-electron chi connectivity index (χ1n) is 11.0. The van der Waals surface area contributed by atoms with Crippen LogP contribution in [0, 0.1) is 0 Å². The van der Waals surface area contributed by atoms with Gasteiger partial charge in [0.2, 0.25) is 0 Å². The topological polar surface area (TPSA) is 55.8 Å². The van der Waals surface area contributed by atoms with Crippen molar-refractivity contribution >= 4 is 11.9 Å². The molecule has 162 valence electrons. The molecule has 1 fully saturated rings. The molecule has 0 radical (unpaired) electrons. The largest absolute Gasteiger partial charge is 0.419 e. The summed E-state index contributed by atoms with van der Waals surface area (Å²) in [7, 11) is 0. The highest BCUT2D eigenvalue weighted by Gasteiger charge is 2.45. The zero-order valence-electron chi connectivity index (χ0n) is 18.2. The second kappa shape index (κ2) is 8.24. The quantitative estimate of drug-likeness (QED) is 0.385. The van der Waals surface area contributed by atoms with Crippen LogP contribution < -0.4 is 9.47 Å². The Kier molecular flexibility index (Phi) is 5.27. The van der Waals surface area contributed by atoms with Gasteiger partial charge in [0.1, 0.15) is 0 Å². The summed E-state index contributed by atoms with van der Waals surface area (Å²) in [5.74, 6) is -0.408. The molecule has 2 atom stereocenters. The number of nitrogens with zero attached hydrogens (tertiary/aromatic N) is 1. The zero-order chi connectivity index (χ0) is 22.2. The molecule has 0 aromatic heterocycles. The van der Waals surface area contributed by atoms with E-state index in [-0.39, 0.29) is 11.5 Å². The van der Waals surface area contributed by atoms with Crippen molar-refractivity contribution in [3.05, 3.63) is 95.1 Å². The minimum absolute atomic E-state index is 0.276. The van der Waals surface area contributed by atoms with Gasteiger partial charge < -0.3 is 9.47 Å². The van der Waals surface area contributed by atoms with E-state index in [0.29, 0.717) is 29.3 Å². The highest BCUT2D eigenvalue weighted by atomic mass is 16.6. The fourth-order valence-electron chi connectivity index (χ4n) is 4.98. The Bertz CT molecular complexity index is 1070. The van der Waals surface area contributed by atoms with E-state index < -0.39 is 11.9 Å². The van der Waals surface area contributed by atoms with Gasteiger partial charge in [-0.15, -0.1) is 0 Å². The number of hydrogen-bond donors (Lipinski definition) is 0. The molecule has 3 aromatic carbocycles. The third-order valence-corrected chi connectivity index (χ3v) is 6.32. The molecule has 0 amide bonds. The van der Waals surface area contributed by atoms with Crippen LogP contribution in [0.3, 0.4) is 0 Å². The number of carbonyl (C=O) groups is 2. The molecule has 0 saturated carbocycles. The van der Waals surface area contributed by atoms with Crippen LogP contribution in [-0.4, -0.2) is 22.9 Å². The van der Waals surface area contributed by atoms with Gasteiger partial charge in [-0.2, -0.15) is 0 Å². The van der Waals surface area contributed by atoms with Crippen LogP contribution in [0.1, 0.15) is 70.6 Å². The fraction of sp³-hybridized carbons (Fsp3) is 0.259. The van der Waals surface area contributed by atoms with E-state index in [1.165, 1.54) is 0 Å². The summed E-state index contributed by atoms with van der Waals surface area (Å²) in [6.45, 7) is 4.40. The van der Waals surface area contributed by atoms with Crippen molar-refractivity contribution in [1.82, 2.24) is 4.90 Å². The van der Waals surface area contributed by atoms with Crippen LogP contribution in [0.2, 0.25) is 0 Å². The van der Waals surface area contributed by atoms with E-state index in [0.717, 1.165) is 24.0 Å². The van der Waals surface area contributed by atoms with Crippen molar-refractivity contribution in [2.24, 2.45) is 0 Å². The van der Waals surface area contributed by atoms with Gasteiger partial charge in [-0.1, -0.05) is 36.4 Å². The van der Waals surface area contributed by atoms with Crippen LogP contribution >= 0.6 is 0 Å². The first-order valence-corrected chi connectivity index (χ1v) is 11.0. The summed E-state index contributed by atoms with van der Waals surface area (Å²) in [6, 6.07) is 22.4. The normalized spacial score (nSPS) is 19.1. The lowest BCUT2D eigenvalue weighted by Gasteiger charge is -2.26. The number of carbonyl (C=O) groups excluding carboxylic acids is 2. The summed E-state index contributed by atoms with van der Waals surface area (Å²) >= 11 is 0. The Morgan fingerprint density at radius 2 is 1.16 bits per heavy atom. The highest BCUT2D eigenvalue weighted by Crippen LogP contribution is 2.56. The predicted octanol–water partition coefficient (Wildman–Crippen LogP) is 5.73. The van der Waals surface area contributed by atoms with E-state index in [2.05, 4.69) is 18.7 Å². The Morgan fingerprint density at radius 1 is 0.750 bits per heavy atom. The van der Waals surface area contributed by atoms with Crippen molar-refractivity contribution in [2.45, 2.75) is 44.8 Å². The van der Waals surface area contributed by atoms with E-state index in [1.54, 1.807) is 48.5 Å². The summed E-state index contributed by atoms with van der Waals surface area (Å²) < 4.78 is 11.5. The van der Waals surface area contributed by atoms with Crippen molar-refractivity contribution in [3.8, 4) is 11.5 Å². The second-order valence-electron chi connectivity index (χ2n) is 8.59. The number of esters is 2. The minimum Gasteiger partial charge on any atom is -0.419 e. The summed E-state index contributed by atoms with van der Waals surface area (Å²) in [5, 5.41) is 0. The van der Waals surface area contributed by atoms with Gasteiger partial charge >= 0.3 is 11.9 Å². The van der Waals surface area contributed by atoms with Crippen molar-refractivity contribution < 1.29 is 19.1 Å². The predicted molar refractivity (Wildman–Crippen MR) is 121 cm³/mol. The SMILES string of the molecule is CC(C)N1C2CCC1c1cc(OC(=O)c3ccccc3)c(OC(=O)c3ccccc3)cc12. The molecule has 5 nitrogen and oxygen atoms in total. The maximum absolute atomic E-state index is 12.8. The van der Waals surface area contributed by atoms with Crippen LogP contribution in [0.5, 0.6) is 11.5 Å². The molecule has 2 bridgehead atoms. The third kappa shape index (κ3) is 3.59. The first-order chi connectivity index (χ1) is 15.5. The van der Waals surface area contributed by atoms with Crippen molar-refractivity contribution in [2.75, 3.05) is 0 Å². The molecule has 0 spiro atoms. The van der Waals surface area contributed by atoms with Gasteiger partial charge in [0.15, 0.2) is 11.5 Å². The zero-order valence-corrected chi connectivity index (χ0v) is 18.2. The Hall–Kier alpha value is -3.44. The van der Waals surface area contributed by atoms with Gasteiger partial charge in [0, 0.05) is 18.1 Å². The number of hydrogen-bond acceptors (Lipinski definition) is 5. The molecule has 1 saturated heterocycles. The molecule has 0 aliphatic carbocycles. The maximum Gasteiger partial charge on any atom is 0.343 e. The monoisotopic (exact) mass is 427 g/mol. The maximum atomic E-state index is 12.8. The molecule has 2 aliphatic rings. The smallest absolute Gasteiger partial charge is 0.343 e. The molecule has 3 aromatic rings. The van der Waals surface area contributed by atoms with Gasteiger partial charge in [0.25, 0.3) is 0 Å². The van der Waals surface area contributed by atoms with Gasteiger partial charge in [-0.3, -0.25) is 4.90 Å². The molecule has 32 heavy (non-hydrogen) atoms. The average molecular weight is 428 g/mol. The molecule has 0 N–H and O–H groups in total. The summed E-state index contributed by atoms with van der Waals surface area (Å²) in [6.07, 6.45) is 2.15. The van der Waals surface area contributed by atoms with Gasteiger partial charge in [-0.25, -0.2) is 9.59 Å². The van der Waals surface area contributed by atoms with Crippen LogP contribution in [0.25, 0.3) is 0 Å². The fourth-order valence-corrected chi connectivity index (χ4v) is 4.98. The van der Waals surface area contributed by atoms with Crippen molar-refractivity contribution in [1.29, 1.82) is 0 Å². The minimum atomic E-state index is -0.480. The summed E-state index contributed by atoms with van der Waals surface area (Å²) in [5.41, 5.74) is 3.20. The lowest BCUT2D eigenvalue weighted by atomic mass is 9.91. The van der Waals surface area contributed by atoms with E-state index in [1.807, 2.05) is 24.3 Å². The third-order valence-electron chi connectivity index (χ3n) is 6.32. The van der Waals surface area contributed by atoms with Crippen LogP contribution in [-0.2, 0) is 0 Å². The highest BCUT2D eigenvalue weighted by molar-refractivity contribution is 5.93. The van der Waals surface area contributed by atoms with Crippen LogP contribution in [0.4, 0.5) is 0 Å². The Morgan fingerprint density at radius 3 is 1.53 bits per heavy atom. The first kappa shape index (κ1) is 20.5. The Labute approximate surface area is 187 Å². The lowest BCUT2D eigenvalue weighted by molar-refractivity contribution is 0.0682. The second-order valence-corrected chi connectivity index (χ2v) is 8.59. The van der Waals surface area contributed by atoms with Crippen LogP contribution in [0.15, 0.2) is 72.8 Å². The number of benzene rings is 3. The molecule has 2 aliphatic heterocycles.